The number of rotatable bonds is 4. The Morgan fingerprint density at radius 1 is 1.05 bits per heavy atom. The molecule has 0 spiro atoms. The Labute approximate surface area is 122 Å². The van der Waals surface area contributed by atoms with Crippen molar-refractivity contribution in [2.45, 2.75) is 32.9 Å². The van der Waals surface area contributed by atoms with Crippen molar-refractivity contribution in [1.29, 1.82) is 0 Å². The average molecular weight is 293 g/mol. The second-order valence-electron chi connectivity index (χ2n) is 5.64. The minimum Gasteiger partial charge on any atom is -0.437 e. The summed E-state index contributed by atoms with van der Waals surface area (Å²) in [5.41, 5.74) is 0.755. The van der Waals surface area contributed by atoms with Gasteiger partial charge in [-0.2, -0.15) is 5.10 Å². The number of hydrogen-bond donors (Lipinski definition) is 1. The van der Waals surface area contributed by atoms with Crippen molar-refractivity contribution in [1.82, 2.24) is 15.5 Å². The summed E-state index contributed by atoms with van der Waals surface area (Å²) in [6.07, 6.45) is 0. The summed E-state index contributed by atoms with van der Waals surface area (Å²) >= 11 is 0. The largest absolute Gasteiger partial charge is 0.437 e. The lowest BCUT2D eigenvalue weighted by atomic mass is 10.1. The van der Waals surface area contributed by atoms with E-state index in [1.807, 2.05) is 0 Å². The lowest BCUT2D eigenvalue weighted by Gasteiger charge is -2.19. The fourth-order valence-corrected chi connectivity index (χ4v) is 1.51. The van der Waals surface area contributed by atoms with Crippen molar-refractivity contribution in [2.75, 3.05) is 0 Å². The lowest BCUT2D eigenvalue weighted by molar-refractivity contribution is 0.415. The standard InChI is InChI=1S/C15H17F2N3O/c1-15(2,3)18-9-10-4-7-14(20-19-10)21-11-5-6-12(16)13(17)8-11/h4-8,18H,9H2,1-3H3. The SMILES string of the molecule is CC(C)(C)NCc1ccc(Oc2ccc(F)c(F)c2)nn1. The Morgan fingerprint density at radius 2 is 1.81 bits per heavy atom. The molecule has 0 unspecified atom stereocenters. The maximum atomic E-state index is 13.1. The van der Waals surface area contributed by atoms with Crippen LogP contribution in [0.3, 0.4) is 0 Å². The molecule has 0 fully saturated rings. The number of ether oxygens (including phenoxy) is 1. The molecule has 0 aliphatic rings. The Hall–Kier alpha value is -2.08. The first kappa shape index (κ1) is 15.3. The highest BCUT2D eigenvalue weighted by atomic mass is 19.2. The smallest absolute Gasteiger partial charge is 0.238 e. The first-order valence-corrected chi connectivity index (χ1v) is 6.54. The van der Waals surface area contributed by atoms with Crippen LogP contribution < -0.4 is 10.1 Å². The number of halogens is 2. The van der Waals surface area contributed by atoms with E-state index in [9.17, 15) is 8.78 Å². The van der Waals surface area contributed by atoms with Crippen LogP contribution in [0.1, 0.15) is 26.5 Å². The summed E-state index contributed by atoms with van der Waals surface area (Å²) in [4.78, 5) is 0. The van der Waals surface area contributed by atoms with Crippen LogP contribution in [0.15, 0.2) is 30.3 Å². The molecule has 112 valence electrons. The second kappa shape index (κ2) is 6.13. The lowest BCUT2D eigenvalue weighted by Crippen LogP contribution is -2.35. The molecular weight excluding hydrogens is 276 g/mol. The molecule has 2 rings (SSSR count). The monoisotopic (exact) mass is 293 g/mol. The van der Waals surface area contributed by atoms with Crippen molar-refractivity contribution in [3.8, 4) is 11.6 Å². The molecule has 0 bridgehead atoms. The average Bonchev–Trinajstić information content (AvgIpc) is 2.41. The van der Waals surface area contributed by atoms with E-state index in [0.29, 0.717) is 6.54 Å². The Balaban J connectivity index is 2.00. The molecule has 1 aromatic heterocycles. The molecule has 2 aromatic rings. The van der Waals surface area contributed by atoms with Crippen molar-refractivity contribution in [3.63, 3.8) is 0 Å². The highest BCUT2D eigenvalue weighted by molar-refractivity contribution is 5.27. The molecule has 21 heavy (non-hydrogen) atoms. The molecule has 0 atom stereocenters. The van der Waals surface area contributed by atoms with Crippen LogP contribution in [-0.2, 0) is 6.54 Å². The van der Waals surface area contributed by atoms with Crippen LogP contribution in [0.5, 0.6) is 11.6 Å². The van der Waals surface area contributed by atoms with Crippen molar-refractivity contribution in [2.24, 2.45) is 0 Å². The minimum absolute atomic E-state index is 0.0114. The van der Waals surface area contributed by atoms with Crippen molar-refractivity contribution in [3.05, 3.63) is 47.7 Å². The quantitative estimate of drug-likeness (QED) is 0.938. The van der Waals surface area contributed by atoms with E-state index in [1.54, 1.807) is 12.1 Å². The molecule has 0 radical (unpaired) electrons. The highest BCUT2D eigenvalue weighted by Crippen LogP contribution is 2.21. The normalized spacial score (nSPS) is 11.5. The molecule has 1 N–H and O–H groups in total. The third-order valence-electron chi connectivity index (χ3n) is 2.61. The van der Waals surface area contributed by atoms with Crippen LogP contribution in [0, 0.1) is 11.6 Å². The summed E-state index contributed by atoms with van der Waals surface area (Å²) in [7, 11) is 0. The molecule has 0 amide bonds. The molecule has 6 heteroatoms. The van der Waals surface area contributed by atoms with E-state index < -0.39 is 11.6 Å². The van der Waals surface area contributed by atoms with Gasteiger partial charge < -0.3 is 10.1 Å². The first-order chi connectivity index (χ1) is 9.83. The summed E-state index contributed by atoms with van der Waals surface area (Å²) in [6, 6.07) is 6.69. The van der Waals surface area contributed by atoms with E-state index in [0.717, 1.165) is 17.8 Å². The molecular formula is C15H17F2N3O. The number of hydrogen-bond acceptors (Lipinski definition) is 4. The number of nitrogens with one attached hydrogen (secondary N) is 1. The predicted molar refractivity (Wildman–Crippen MR) is 75.1 cm³/mol. The third kappa shape index (κ3) is 4.75. The van der Waals surface area contributed by atoms with Gasteiger partial charge in [0, 0.05) is 24.2 Å². The molecule has 1 aromatic carbocycles. The zero-order valence-electron chi connectivity index (χ0n) is 12.2. The molecule has 0 aliphatic heterocycles. The maximum Gasteiger partial charge on any atom is 0.238 e. The van der Waals surface area contributed by atoms with Gasteiger partial charge in [0.05, 0.1) is 5.69 Å². The van der Waals surface area contributed by atoms with Gasteiger partial charge in [-0.05, 0) is 39.0 Å². The minimum atomic E-state index is -0.966. The van der Waals surface area contributed by atoms with Gasteiger partial charge in [0.1, 0.15) is 5.75 Å². The molecule has 0 saturated carbocycles. The van der Waals surface area contributed by atoms with Crippen LogP contribution in [-0.4, -0.2) is 15.7 Å². The molecule has 0 saturated heterocycles. The van der Waals surface area contributed by atoms with Gasteiger partial charge in [0.15, 0.2) is 11.6 Å². The summed E-state index contributed by atoms with van der Waals surface area (Å²) in [5, 5.41) is 11.2. The van der Waals surface area contributed by atoms with Gasteiger partial charge in [0.25, 0.3) is 0 Å². The van der Waals surface area contributed by atoms with E-state index in [4.69, 9.17) is 4.74 Å². The fraction of sp³-hybridized carbons (Fsp3) is 0.333. The van der Waals surface area contributed by atoms with Gasteiger partial charge in [-0.3, -0.25) is 0 Å². The van der Waals surface area contributed by atoms with Crippen LogP contribution in [0.2, 0.25) is 0 Å². The fourth-order valence-electron chi connectivity index (χ4n) is 1.51. The Bertz CT molecular complexity index is 609. The molecule has 0 aliphatic carbocycles. The number of aromatic nitrogens is 2. The summed E-state index contributed by atoms with van der Waals surface area (Å²) in [5.74, 6) is -1.49. The maximum absolute atomic E-state index is 13.1. The van der Waals surface area contributed by atoms with Gasteiger partial charge >= 0.3 is 0 Å². The van der Waals surface area contributed by atoms with E-state index in [2.05, 4.69) is 36.3 Å². The van der Waals surface area contributed by atoms with E-state index >= 15 is 0 Å². The number of nitrogens with zero attached hydrogens (tertiary/aromatic N) is 2. The summed E-state index contributed by atoms with van der Waals surface area (Å²) in [6.45, 7) is 6.75. The second-order valence-corrected chi connectivity index (χ2v) is 5.64. The van der Waals surface area contributed by atoms with E-state index in [-0.39, 0.29) is 17.2 Å². The zero-order valence-corrected chi connectivity index (χ0v) is 12.2. The van der Waals surface area contributed by atoms with Crippen LogP contribution in [0.4, 0.5) is 8.78 Å². The van der Waals surface area contributed by atoms with Gasteiger partial charge in [0.2, 0.25) is 5.88 Å². The van der Waals surface area contributed by atoms with Crippen LogP contribution >= 0.6 is 0 Å². The number of benzene rings is 1. The van der Waals surface area contributed by atoms with Gasteiger partial charge in [-0.25, -0.2) is 8.78 Å². The third-order valence-corrected chi connectivity index (χ3v) is 2.61. The highest BCUT2D eigenvalue weighted by Gasteiger charge is 2.10. The molecule has 4 nitrogen and oxygen atoms in total. The van der Waals surface area contributed by atoms with E-state index in [1.165, 1.54) is 6.07 Å². The first-order valence-electron chi connectivity index (χ1n) is 6.54. The summed E-state index contributed by atoms with van der Waals surface area (Å²) < 4.78 is 31.2. The van der Waals surface area contributed by atoms with Crippen molar-refractivity contribution < 1.29 is 13.5 Å². The topological polar surface area (TPSA) is 47.0 Å². The Morgan fingerprint density at radius 3 is 2.38 bits per heavy atom. The van der Waals surface area contributed by atoms with Gasteiger partial charge in [-0.15, -0.1) is 5.10 Å². The van der Waals surface area contributed by atoms with Crippen molar-refractivity contribution >= 4 is 0 Å². The zero-order chi connectivity index (χ0) is 15.5. The molecule has 1 heterocycles. The van der Waals surface area contributed by atoms with Gasteiger partial charge in [-0.1, -0.05) is 0 Å². The van der Waals surface area contributed by atoms with Crippen LogP contribution in [0.25, 0.3) is 0 Å². The predicted octanol–water partition coefficient (Wildman–Crippen LogP) is 3.44. The Kier molecular flexibility index (Phi) is 4.47.